The van der Waals surface area contributed by atoms with Gasteiger partial charge < -0.3 is 20.5 Å². The maximum absolute atomic E-state index is 14.2. The smallest absolute Gasteiger partial charge is 0.355 e. The summed E-state index contributed by atoms with van der Waals surface area (Å²) in [5.41, 5.74) is 1.93. The van der Waals surface area contributed by atoms with Crippen LogP contribution in [0, 0.1) is 5.82 Å². The summed E-state index contributed by atoms with van der Waals surface area (Å²) in [7, 11) is 1.30. The number of nitrogens with zero attached hydrogens (tertiary/aromatic N) is 3. The minimum atomic E-state index is -1.32. The average Bonchev–Trinajstić information content (AvgIpc) is 3.54. The molecule has 0 bridgehead atoms. The van der Waals surface area contributed by atoms with E-state index in [0.717, 1.165) is 22.3 Å². The van der Waals surface area contributed by atoms with Crippen molar-refractivity contribution in [3.05, 3.63) is 57.2 Å². The van der Waals surface area contributed by atoms with E-state index in [2.05, 4.69) is 20.6 Å². The van der Waals surface area contributed by atoms with Crippen molar-refractivity contribution < 1.29 is 33.4 Å². The summed E-state index contributed by atoms with van der Waals surface area (Å²) in [5, 5.41) is 16.9. The molecule has 11 nitrogen and oxygen atoms in total. The van der Waals surface area contributed by atoms with Crippen LogP contribution in [0.3, 0.4) is 0 Å². The van der Waals surface area contributed by atoms with Crippen molar-refractivity contribution in [1.82, 2.24) is 20.2 Å². The molecule has 1 aliphatic heterocycles. The minimum Gasteiger partial charge on any atom is -0.494 e. The van der Waals surface area contributed by atoms with Crippen LogP contribution < -0.4 is 15.4 Å². The number of benzene rings is 1. The second-order valence-electron chi connectivity index (χ2n) is 7.02. The van der Waals surface area contributed by atoms with Gasteiger partial charge in [-0.25, -0.2) is 28.8 Å². The van der Waals surface area contributed by atoms with Gasteiger partial charge in [0.1, 0.15) is 12.1 Å². The molecule has 2 aromatic heterocycles. The zero-order valence-corrected chi connectivity index (χ0v) is 19.0. The second kappa shape index (κ2) is 9.52. The Morgan fingerprint density at radius 1 is 1.35 bits per heavy atom. The number of halogens is 1. The summed E-state index contributed by atoms with van der Waals surface area (Å²) in [5.74, 6) is -3.52. The number of rotatable bonds is 8. The normalized spacial score (nSPS) is 16.3. The summed E-state index contributed by atoms with van der Waals surface area (Å²) in [6.07, 6.45) is -0.0879. The van der Waals surface area contributed by atoms with Crippen LogP contribution in [-0.2, 0) is 16.0 Å². The van der Waals surface area contributed by atoms with Gasteiger partial charge in [-0.15, -0.1) is 22.7 Å². The first kappa shape index (κ1) is 23.3. The number of hydrogen-bond donors (Lipinski definition) is 3. The van der Waals surface area contributed by atoms with Crippen molar-refractivity contribution >= 4 is 51.6 Å². The number of carbonyl (C=O) groups is 4. The molecule has 176 valence electrons. The van der Waals surface area contributed by atoms with E-state index in [9.17, 15) is 23.6 Å². The molecule has 1 fully saturated rings. The fraction of sp³-hybridized carbons (Fsp3) is 0.200. The Labute approximate surface area is 199 Å². The second-order valence-corrected chi connectivity index (χ2v) is 8.59. The van der Waals surface area contributed by atoms with E-state index in [1.54, 1.807) is 10.9 Å². The number of aromatic carboxylic acids is 1. The number of carboxylic acid groups (broad SMARTS) is 1. The van der Waals surface area contributed by atoms with Crippen molar-refractivity contribution in [2.75, 3.05) is 12.4 Å². The molecule has 0 aliphatic carbocycles. The van der Waals surface area contributed by atoms with Crippen LogP contribution in [0.1, 0.15) is 27.8 Å². The van der Waals surface area contributed by atoms with Crippen molar-refractivity contribution in [2.45, 2.75) is 18.5 Å². The van der Waals surface area contributed by atoms with Gasteiger partial charge in [0, 0.05) is 17.2 Å². The van der Waals surface area contributed by atoms with Gasteiger partial charge in [0.25, 0.3) is 5.91 Å². The molecule has 3 N–H and O–H groups in total. The number of ether oxygens (including phenoxy) is 1. The Kier molecular flexibility index (Phi) is 6.51. The van der Waals surface area contributed by atoms with Gasteiger partial charge in [-0.1, -0.05) is 6.07 Å². The highest BCUT2D eigenvalue weighted by Crippen LogP contribution is 2.28. The van der Waals surface area contributed by atoms with E-state index in [0.29, 0.717) is 5.69 Å². The summed E-state index contributed by atoms with van der Waals surface area (Å²) in [4.78, 5) is 58.8. The number of imide groups is 1. The number of hydrogen-bond acceptors (Lipinski definition) is 9. The van der Waals surface area contributed by atoms with Crippen LogP contribution in [0.2, 0.25) is 0 Å². The van der Waals surface area contributed by atoms with Crippen LogP contribution in [0.5, 0.6) is 5.75 Å². The van der Waals surface area contributed by atoms with E-state index < -0.39 is 41.7 Å². The molecule has 2 atom stereocenters. The molecule has 3 heterocycles. The molecule has 1 aromatic carbocycles. The van der Waals surface area contributed by atoms with Crippen molar-refractivity contribution in [2.24, 2.45) is 0 Å². The van der Waals surface area contributed by atoms with Gasteiger partial charge in [0.05, 0.1) is 18.3 Å². The third kappa shape index (κ3) is 4.58. The number of urea groups is 1. The van der Waals surface area contributed by atoms with Crippen LogP contribution >= 0.6 is 22.7 Å². The van der Waals surface area contributed by atoms with Crippen molar-refractivity contribution in [3.8, 4) is 5.75 Å². The fourth-order valence-corrected chi connectivity index (χ4v) is 4.59. The lowest BCUT2D eigenvalue weighted by molar-refractivity contribution is -0.134. The SMILES string of the molecule is COc1ccc(C2NC(=O)N(C(Cc3cscn3)C(=O)Nc3nc(C(=O)O)cs3)C2=O)cc1F. The quantitative estimate of drug-likeness (QED) is 0.395. The zero-order valence-electron chi connectivity index (χ0n) is 17.4. The molecule has 4 amide bonds. The lowest BCUT2D eigenvalue weighted by Gasteiger charge is -2.23. The number of thiazole rings is 2. The third-order valence-corrected chi connectivity index (χ3v) is 6.33. The lowest BCUT2D eigenvalue weighted by atomic mass is 10.0. The van der Waals surface area contributed by atoms with Crippen LogP contribution in [0.15, 0.2) is 34.5 Å². The summed E-state index contributed by atoms with van der Waals surface area (Å²) < 4.78 is 19.1. The molecule has 3 aromatic rings. The summed E-state index contributed by atoms with van der Waals surface area (Å²) in [6, 6.07) is 0.467. The van der Waals surface area contributed by atoms with Gasteiger partial charge in [-0.3, -0.25) is 9.59 Å². The van der Waals surface area contributed by atoms with Crippen molar-refractivity contribution in [1.29, 1.82) is 0 Å². The first-order valence-corrected chi connectivity index (χ1v) is 11.4. The number of aromatic nitrogens is 2. The maximum atomic E-state index is 14.2. The van der Waals surface area contributed by atoms with Gasteiger partial charge in [0.15, 0.2) is 22.4 Å². The number of carboxylic acids is 1. The highest BCUT2D eigenvalue weighted by atomic mass is 32.1. The maximum Gasteiger partial charge on any atom is 0.355 e. The predicted molar refractivity (Wildman–Crippen MR) is 118 cm³/mol. The Bertz CT molecular complexity index is 1260. The molecule has 2 unspecified atom stereocenters. The van der Waals surface area contributed by atoms with Crippen LogP contribution in [0.4, 0.5) is 14.3 Å². The van der Waals surface area contributed by atoms with E-state index >= 15 is 0 Å². The highest BCUT2D eigenvalue weighted by molar-refractivity contribution is 7.14. The Morgan fingerprint density at radius 2 is 2.15 bits per heavy atom. The molecule has 34 heavy (non-hydrogen) atoms. The lowest BCUT2D eigenvalue weighted by Crippen LogP contribution is -2.49. The molecule has 0 spiro atoms. The summed E-state index contributed by atoms with van der Waals surface area (Å²) >= 11 is 2.16. The molecular formula is C20H16FN5O6S2. The van der Waals surface area contributed by atoms with Gasteiger partial charge >= 0.3 is 12.0 Å². The van der Waals surface area contributed by atoms with E-state index in [1.165, 1.54) is 36.0 Å². The fourth-order valence-electron chi connectivity index (χ4n) is 3.33. The first-order chi connectivity index (χ1) is 16.3. The predicted octanol–water partition coefficient (Wildman–Crippen LogP) is 2.29. The number of methoxy groups -OCH3 is 1. The monoisotopic (exact) mass is 505 g/mol. The molecule has 4 rings (SSSR count). The molecular weight excluding hydrogens is 489 g/mol. The molecule has 0 saturated carbocycles. The highest BCUT2D eigenvalue weighted by Gasteiger charge is 2.45. The van der Waals surface area contributed by atoms with Crippen molar-refractivity contribution in [3.63, 3.8) is 0 Å². The van der Waals surface area contributed by atoms with E-state index in [1.807, 2.05) is 0 Å². The third-order valence-electron chi connectivity index (χ3n) is 4.93. The molecule has 0 radical (unpaired) electrons. The topological polar surface area (TPSA) is 151 Å². The Morgan fingerprint density at radius 3 is 2.76 bits per heavy atom. The first-order valence-electron chi connectivity index (χ1n) is 9.62. The molecule has 14 heteroatoms. The van der Waals surface area contributed by atoms with Crippen LogP contribution in [0.25, 0.3) is 0 Å². The van der Waals surface area contributed by atoms with Gasteiger partial charge in [-0.2, -0.15) is 0 Å². The zero-order chi connectivity index (χ0) is 24.4. The number of amides is 4. The minimum absolute atomic E-state index is 0.00786. The molecule has 1 saturated heterocycles. The van der Waals surface area contributed by atoms with Gasteiger partial charge in [-0.05, 0) is 17.7 Å². The van der Waals surface area contributed by atoms with Crippen LogP contribution in [-0.4, -0.2) is 56.9 Å². The van der Waals surface area contributed by atoms with E-state index in [-0.39, 0.29) is 28.6 Å². The summed E-state index contributed by atoms with van der Waals surface area (Å²) in [6.45, 7) is 0. The largest absolute Gasteiger partial charge is 0.494 e. The number of nitrogens with one attached hydrogen (secondary N) is 2. The Balaban J connectivity index is 1.61. The standard InChI is InChI=1S/C20H16FN5O6S2/c1-32-14-3-2-9(4-11(14)21)15-17(28)26(20(31)24-15)13(5-10-6-33-8-22-10)16(27)25-19-23-12(7-34-19)18(29)30/h2-4,6-8,13,15H,5H2,1H3,(H,24,31)(H,29,30)(H,23,25,27). The van der Waals surface area contributed by atoms with E-state index in [4.69, 9.17) is 9.84 Å². The average molecular weight is 506 g/mol. The Hall–Kier alpha value is -3.91. The van der Waals surface area contributed by atoms with Gasteiger partial charge in [0.2, 0.25) is 5.91 Å². The number of carbonyl (C=O) groups excluding carboxylic acids is 3. The molecule has 1 aliphatic rings. The number of anilines is 1.